The van der Waals surface area contributed by atoms with Gasteiger partial charge in [-0.15, -0.1) is 0 Å². The van der Waals surface area contributed by atoms with Crippen molar-refractivity contribution in [3.63, 3.8) is 0 Å². The zero-order chi connectivity index (χ0) is 13.0. The SMILES string of the molecule is CNc1ccccc1C(=O)NC1C2C3CCC(C3)C12. The number of benzene rings is 1. The number of carbonyl (C=O) groups excluding carboxylic acids is 1. The van der Waals surface area contributed by atoms with Crippen molar-refractivity contribution in [1.82, 2.24) is 5.32 Å². The molecule has 0 spiro atoms. The average molecular weight is 256 g/mol. The topological polar surface area (TPSA) is 41.1 Å². The largest absolute Gasteiger partial charge is 0.387 e. The quantitative estimate of drug-likeness (QED) is 0.872. The third-order valence-corrected chi connectivity index (χ3v) is 5.47. The highest BCUT2D eigenvalue weighted by atomic mass is 16.1. The first kappa shape index (κ1) is 11.3. The molecule has 0 saturated heterocycles. The molecule has 2 bridgehead atoms. The molecule has 3 aliphatic carbocycles. The summed E-state index contributed by atoms with van der Waals surface area (Å²) in [6.07, 6.45) is 4.21. The van der Waals surface area contributed by atoms with Crippen molar-refractivity contribution < 1.29 is 4.79 Å². The van der Waals surface area contributed by atoms with Crippen molar-refractivity contribution >= 4 is 11.6 Å². The molecule has 0 aromatic heterocycles. The molecule has 1 amide bonds. The second kappa shape index (κ2) is 3.99. The van der Waals surface area contributed by atoms with E-state index in [1.165, 1.54) is 19.3 Å². The van der Waals surface area contributed by atoms with Gasteiger partial charge in [0.15, 0.2) is 0 Å². The van der Waals surface area contributed by atoms with E-state index in [9.17, 15) is 4.79 Å². The van der Waals surface area contributed by atoms with Crippen molar-refractivity contribution in [3.8, 4) is 0 Å². The van der Waals surface area contributed by atoms with E-state index in [1.54, 1.807) is 0 Å². The van der Waals surface area contributed by atoms with E-state index in [0.717, 1.165) is 34.9 Å². The van der Waals surface area contributed by atoms with Gasteiger partial charge < -0.3 is 10.6 Å². The Labute approximate surface area is 113 Å². The summed E-state index contributed by atoms with van der Waals surface area (Å²) in [5.74, 6) is 3.48. The summed E-state index contributed by atoms with van der Waals surface area (Å²) in [6.45, 7) is 0. The number of carbonyl (C=O) groups is 1. The Kier molecular flexibility index (Phi) is 2.38. The number of hydrogen-bond acceptors (Lipinski definition) is 2. The van der Waals surface area contributed by atoms with Crippen LogP contribution in [0.4, 0.5) is 5.69 Å². The summed E-state index contributed by atoms with van der Waals surface area (Å²) >= 11 is 0. The molecular weight excluding hydrogens is 236 g/mol. The maximum Gasteiger partial charge on any atom is 0.253 e. The molecule has 2 N–H and O–H groups in total. The molecule has 4 unspecified atom stereocenters. The second-order valence-corrected chi connectivity index (χ2v) is 6.28. The van der Waals surface area contributed by atoms with Gasteiger partial charge in [0, 0.05) is 18.8 Å². The van der Waals surface area contributed by atoms with Crippen LogP contribution in [0.25, 0.3) is 0 Å². The monoisotopic (exact) mass is 256 g/mol. The smallest absolute Gasteiger partial charge is 0.253 e. The van der Waals surface area contributed by atoms with Crippen LogP contribution in [0.1, 0.15) is 29.6 Å². The minimum Gasteiger partial charge on any atom is -0.387 e. The fourth-order valence-corrected chi connectivity index (χ4v) is 4.65. The van der Waals surface area contributed by atoms with Gasteiger partial charge in [-0.2, -0.15) is 0 Å². The third kappa shape index (κ3) is 1.60. The highest BCUT2D eigenvalue weighted by Gasteiger charge is 2.65. The summed E-state index contributed by atoms with van der Waals surface area (Å²) < 4.78 is 0. The molecule has 3 heteroatoms. The molecule has 3 aliphatic rings. The minimum atomic E-state index is 0.0868. The molecule has 3 fully saturated rings. The molecule has 0 radical (unpaired) electrons. The lowest BCUT2D eigenvalue weighted by atomic mass is 10.0. The van der Waals surface area contributed by atoms with Crippen molar-refractivity contribution in [3.05, 3.63) is 29.8 Å². The first-order valence-corrected chi connectivity index (χ1v) is 7.37. The van der Waals surface area contributed by atoms with E-state index in [4.69, 9.17) is 0 Å². The lowest BCUT2D eigenvalue weighted by molar-refractivity contribution is 0.0945. The van der Waals surface area contributed by atoms with Gasteiger partial charge in [-0.1, -0.05) is 12.1 Å². The van der Waals surface area contributed by atoms with Crippen LogP contribution in [-0.2, 0) is 0 Å². The molecule has 4 rings (SSSR count). The number of fused-ring (bicyclic) bond motifs is 5. The Balaban J connectivity index is 1.48. The standard InChI is InChI=1S/C16H20N2O/c1-17-12-5-3-2-4-11(12)16(19)18-15-13-9-6-7-10(8-9)14(13)15/h2-5,9-10,13-15,17H,6-8H2,1H3,(H,18,19). The molecule has 100 valence electrons. The van der Waals surface area contributed by atoms with Gasteiger partial charge >= 0.3 is 0 Å². The average Bonchev–Trinajstić information content (AvgIpc) is 2.85. The molecule has 1 aromatic carbocycles. The van der Waals surface area contributed by atoms with Gasteiger partial charge in [-0.25, -0.2) is 0 Å². The van der Waals surface area contributed by atoms with Gasteiger partial charge in [0.1, 0.15) is 0 Å². The van der Waals surface area contributed by atoms with Crippen molar-refractivity contribution in [2.75, 3.05) is 12.4 Å². The van der Waals surface area contributed by atoms with Crippen molar-refractivity contribution in [1.29, 1.82) is 0 Å². The van der Waals surface area contributed by atoms with Gasteiger partial charge in [-0.3, -0.25) is 4.79 Å². The number of para-hydroxylation sites is 1. The van der Waals surface area contributed by atoms with E-state index < -0.39 is 0 Å². The maximum atomic E-state index is 12.4. The van der Waals surface area contributed by atoms with Crippen LogP contribution in [-0.4, -0.2) is 19.0 Å². The summed E-state index contributed by atoms with van der Waals surface area (Å²) in [5.41, 5.74) is 1.68. The normalized spacial score (nSPS) is 37.8. The van der Waals surface area contributed by atoms with Crippen molar-refractivity contribution in [2.45, 2.75) is 25.3 Å². The predicted molar refractivity (Wildman–Crippen MR) is 75.1 cm³/mol. The van der Waals surface area contributed by atoms with E-state index in [2.05, 4.69) is 10.6 Å². The second-order valence-electron chi connectivity index (χ2n) is 6.28. The van der Waals surface area contributed by atoms with E-state index in [-0.39, 0.29) is 5.91 Å². The van der Waals surface area contributed by atoms with Crippen LogP contribution >= 0.6 is 0 Å². The lowest BCUT2D eigenvalue weighted by Crippen LogP contribution is -2.30. The first-order valence-electron chi connectivity index (χ1n) is 7.37. The highest BCUT2D eigenvalue weighted by Crippen LogP contribution is 2.65. The lowest BCUT2D eigenvalue weighted by Gasteiger charge is -2.12. The number of hydrogen-bond donors (Lipinski definition) is 2. The van der Waals surface area contributed by atoms with Crippen molar-refractivity contribution in [2.24, 2.45) is 23.7 Å². The molecule has 0 aliphatic heterocycles. The summed E-state index contributed by atoms with van der Waals surface area (Å²) in [6, 6.07) is 8.19. The van der Waals surface area contributed by atoms with E-state index >= 15 is 0 Å². The molecule has 4 atom stereocenters. The summed E-state index contributed by atoms with van der Waals surface area (Å²) in [5, 5.41) is 6.36. The van der Waals surface area contributed by atoms with Gasteiger partial charge in [0.25, 0.3) is 5.91 Å². The number of nitrogens with one attached hydrogen (secondary N) is 2. The molecule has 3 saturated carbocycles. The van der Waals surface area contributed by atoms with Crippen LogP contribution in [0.5, 0.6) is 0 Å². The molecular formula is C16H20N2O. The zero-order valence-corrected chi connectivity index (χ0v) is 11.2. The Hall–Kier alpha value is -1.51. The van der Waals surface area contributed by atoms with Gasteiger partial charge in [-0.05, 0) is 55.1 Å². The van der Waals surface area contributed by atoms with Crippen LogP contribution in [0.3, 0.4) is 0 Å². The first-order chi connectivity index (χ1) is 9.29. The van der Waals surface area contributed by atoms with E-state index in [1.807, 2.05) is 31.3 Å². The number of anilines is 1. The van der Waals surface area contributed by atoms with Crippen LogP contribution < -0.4 is 10.6 Å². The Morgan fingerprint density at radius 3 is 2.53 bits per heavy atom. The fourth-order valence-electron chi connectivity index (χ4n) is 4.65. The molecule has 1 aromatic rings. The maximum absolute atomic E-state index is 12.4. The minimum absolute atomic E-state index is 0.0868. The third-order valence-electron chi connectivity index (χ3n) is 5.47. The predicted octanol–water partition coefficient (Wildman–Crippen LogP) is 2.50. The molecule has 3 nitrogen and oxygen atoms in total. The van der Waals surface area contributed by atoms with Crippen LogP contribution in [0, 0.1) is 23.7 Å². The molecule has 19 heavy (non-hydrogen) atoms. The highest BCUT2D eigenvalue weighted by molar-refractivity contribution is 5.99. The Morgan fingerprint density at radius 2 is 1.84 bits per heavy atom. The molecule has 0 heterocycles. The van der Waals surface area contributed by atoms with E-state index in [0.29, 0.717) is 6.04 Å². The number of amides is 1. The van der Waals surface area contributed by atoms with Crippen LogP contribution in [0.2, 0.25) is 0 Å². The van der Waals surface area contributed by atoms with Gasteiger partial charge in [0.05, 0.1) is 5.56 Å². The van der Waals surface area contributed by atoms with Gasteiger partial charge in [0.2, 0.25) is 0 Å². The Morgan fingerprint density at radius 1 is 1.16 bits per heavy atom. The number of rotatable bonds is 3. The summed E-state index contributed by atoms with van der Waals surface area (Å²) in [4.78, 5) is 12.4. The fraction of sp³-hybridized carbons (Fsp3) is 0.562. The summed E-state index contributed by atoms with van der Waals surface area (Å²) in [7, 11) is 1.86. The zero-order valence-electron chi connectivity index (χ0n) is 11.2. The Bertz CT molecular complexity index is 511. The van der Waals surface area contributed by atoms with Crippen LogP contribution in [0.15, 0.2) is 24.3 Å².